The molecule has 22 heavy (non-hydrogen) atoms. The number of nitrogens with one attached hydrogen (secondary N) is 2. The fourth-order valence-corrected chi connectivity index (χ4v) is 2.42. The van der Waals surface area contributed by atoms with Gasteiger partial charge in [-0.15, -0.1) is 0 Å². The number of anilines is 1. The van der Waals surface area contributed by atoms with Gasteiger partial charge in [-0.05, 0) is 25.6 Å². The van der Waals surface area contributed by atoms with Crippen molar-refractivity contribution in [2.45, 2.75) is 19.0 Å². The van der Waals surface area contributed by atoms with E-state index in [1.54, 1.807) is 18.2 Å². The van der Waals surface area contributed by atoms with Gasteiger partial charge in [0.25, 0.3) is 5.91 Å². The van der Waals surface area contributed by atoms with Crippen LogP contribution in [-0.4, -0.2) is 44.5 Å². The zero-order chi connectivity index (χ0) is 16.0. The molecule has 1 aromatic rings. The number of carbonyl (C=O) groups excluding carboxylic acids is 1. The lowest BCUT2D eigenvalue weighted by molar-refractivity contribution is -0.126. The molecule has 0 unspecified atom stereocenters. The largest absolute Gasteiger partial charge is 0.487 e. The summed E-state index contributed by atoms with van der Waals surface area (Å²) in [6.07, 6.45) is 0.153. The Morgan fingerprint density at radius 3 is 3.00 bits per heavy atom. The molecule has 1 atom stereocenters. The smallest absolute Gasteiger partial charge is 0.263 e. The Morgan fingerprint density at radius 2 is 2.32 bits per heavy atom. The lowest BCUT2D eigenvalue weighted by Crippen LogP contribution is -2.40. The molecular weight excluding hydrogens is 311 g/mol. The first-order valence-corrected chi connectivity index (χ1v) is 7.65. The van der Waals surface area contributed by atoms with Crippen molar-refractivity contribution in [1.82, 2.24) is 5.32 Å². The van der Waals surface area contributed by atoms with Crippen molar-refractivity contribution in [3.8, 4) is 5.75 Å². The van der Waals surface area contributed by atoms with E-state index in [0.717, 1.165) is 0 Å². The zero-order valence-corrected chi connectivity index (χ0v) is 13.2. The highest BCUT2D eigenvalue weighted by molar-refractivity contribution is 6.32. The Kier molecular flexibility index (Phi) is 5.99. The second kappa shape index (κ2) is 7.76. The van der Waals surface area contributed by atoms with Crippen LogP contribution in [0.1, 0.15) is 13.3 Å². The Bertz CT molecular complexity index is 522. The molecule has 0 radical (unpaired) electrons. The summed E-state index contributed by atoms with van der Waals surface area (Å²) in [4.78, 5) is 12.1. The Balaban J connectivity index is 2.06. The maximum atomic E-state index is 14.4. The van der Waals surface area contributed by atoms with Crippen LogP contribution in [-0.2, 0) is 9.53 Å². The zero-order valence-electron chi connectivity index (χ0n) is 12.5. The summed E-state index contributed by atoms with van der Waals surface area (Å²) < 4.78 is 25.2. The first-order chi connectivity index (χ1) is 10.6. The number of alkyl halides is 1. The molecule has 0 aliphatic carbocycles. The molecule has 1 amide bonds. The van der Waals surface area contributed by atoms with E-state index in [9.17, 15) is 9.18 Å². The van der Waals surface area contributed by atoms with Gasteiger partial charge in [0.1, 0.15) is 6.61 Å². The van der Waals surface area contributed by atoms with Gasteiger partial charge in [-0.3, -0.25) is 4.79 Å². The molecule has 2 N–H and O–H groups in total. The van der Waals surface area contributed by atoms with Crippen LogP contribution in [0.25, 0.3) is 0 Å². The summed E-state index contributed by atoms with van der Waals surface area (Å²) in [5, 5.41) is 5.77. The van der Waals surface area contributed by atoms with E-state index < -0.39 is 11.6 Å². The molecule has 0 aromatic heterocycles. The first kappa shape index (κ1) is 17.0. The summed E-state index contributed by atoms with van der Waals surface area (Å²) >= 11 is 6.10. The Morgan fingerprint density at radius 1 is 1.50 bits per heavy atom. The van der Waals surface area contributed by atoms with Gasteiger partial charge in [-0.1, -0.05) is 17.7 Å². The number of benzene rings is 1. The molecule has 1 aromatic carbocycles. The topological polar surface area (TPSA) is 59.6 Å². The third-order valence-electron chi connectivity index (χ3n) is 3.40. The van der Waals surface area contributed by atoms with Crippen molar-refractivity contribution in [2.75, 3.05) is 38.2 Å². The maximum absolute atomic E-state index is 14.4. The highest BCUT2D eigenvalue weighted by atomic mass is 35.5. The molecule has 1 heterocycles. The van der Waals surface area contributed by atoms with Crippen molar-refractivity contribution in [3.05, 3.63) is 23.2 Å². The minimum absolute atomic E-state index is 0.0138. The number of hydrogen-bond donors (Lipinski definition) is 2. The average molecular weight is 331 g/mol. The first-order valence-electron chi connectivity index (χ1n) is 7.27. The summed E-state index contributed by atoms with van der Waals surface area (Å²) in [5.41, 5.74) is -1.54. The molecular formula is C15H20ClFN2O3. The molecule has 1 saturated heterocycles. The number of ether oxygens (including phenoxy) is 2. The highest BCUT2D eigenvalue weighted by Crippen LogP contribution is 2.34. The van der Waals surface area contributed by atoms with E-state index >= 15 is 0 Å². The number of rotatable bonds is 7. The van der Waals surface area contributed by atoms with E-state index in [1.165, 1.54) is 0 Å². The second-order valence-corrected chi connectivity index (χ2v) is 5.42. The van der Waals surface area contributed by atoms with Crippen LogP contribution >= 0.6 is 11.6 Å². The van der Waals surface area contributed by atoms with Gasteiger partial charge in [0, 0.05) is 19.6 Å². The molecule has 1 aliphatic rings. The monoisotopic (exact) mass is 330 g/mol. The van der Waals surface area contributed by atoms with Crippen molar-refractivity contribution in [1.29, 1.82) is 0 Å². The van der Waals surface area contributed by atoms with Crippen molar-refractivity contribution in [2.24, 2.45) is 0 Å². The number of para-hydroxylation sites is 1. The van der Waals surface area contributed by atoms with E-state index in [0.29, 0.717) is 42.8 Å². The van der Waals surface area contributed by atoms with Gasteiger partial charge in [0.2, 0.25) is 5.67 Å². The van der Waals surface area contributed by atoms with E-state index in [1.807, 2.05) is 6.92 Å². The molecule has 7 heteroatoms. The molecule has 122 valence electrons. The lowest BCUT2D eigenvalue weighted by atomic mass is 10.0. The van der Waals surface area contributed by atoms with Gasteiger partial charge >= 0.3 is 0 Å². The molecule has 1 fully saturated rings. The molecule has 0 spiro atoms. The van der Waals surface area contributed by atoms with Crippen LogP contribution in [0.3, 0.4) is 0 Å². The van der Waals surface area contributed by atoms with Gasteiger partial charge in [0.15, 0.2) is 5.75 Å². The van der Waals surface area contributed by atoms with Crippen molar-refractivity contribution >= 4 is 23.2 Å². The summed E-state index contributed by atoms with van der Waals surface area (Å²) in [7, 11) is 0. The van der Waals surface area contributed by atoms with Crippen LogP contribution in [0, 0.1) is 0 Å². The molecule has 0 saturated carbocycles. The standard InChI is InChI=1S/C15H20ClFN2O3/c1-2-21-8-9-22-13-11(16)4-3-5-12(13)19-14(20)15(17)6-7-18-10-15/h3-5,18H,2,6-10H2,1H3,(H,19,20)/t15-/m0/s1. The predicted molar refractivity (Wildman–Crippen MR) is 83.4 cm³/mol. The van der Waals surface area contributed by atoms with Crippen LogP contribution < -0.4 is 15.4 Å². The molecule has 0 bridgehead atoms. The molecule has 5 nitrogen and oxygen atoms in total. The van der Waals surface area contributed by atoms with E-state index in [4.69, 9.17) is 21.1 Å². The SMILES string of the molecule is CCOCCOc1c(Cl)cccc1NC(=O)[C@]1(F)CCNC1. The van der Waals surface area contributed by atoms with Crippen LogP contribution in [0.4, 0.5) is 10.1 Å². The summed E-state index contributed by atoms with van der Waals surface area (Å²) in [6, 6.07) is 4.95. The average Bonchev–Trinajstić information content (AvgIpc) is 2.94. The lowest BCUT2D eigenvalue weighted by Gasteiger charge is -2.19. The fraction of sp³-hybridized carbons (Fsp3) is 0.533. The van der Waals surface area contributed by atoms with Crippen LogP contribution in [0.5, 0.6) is 5.75 Å². The minimum atomic E-state index is -1.90. The number of amides is 1. The van der Waals surface area contributed by atoms with E-state index in [2.05, 4.69) is 10.6 Å². The number of hydrogen-bond acceptors (Lipinski definition) is 4. The molecule has 2 rings (SSSR count). The summed E-state index contributed by atoms with van der Waals surface area (Å²) in [5.74, 6) is -0.360. The Labute approximate surface area is 134 Å². The number of halogens is 2. The third kappa shape index (κ3) is 4.09. The fourth-order valence-electron chi connectivity index (χ4n) is 2.19. The van der Waals surface area contributed by atoms with Gasteiger partial charge < -0.3 is 20.1 Å². The molecule has 1 aliphatic heterocycles. The van der Waals surface area contributed by atoms with Gasteiger partial charge in [-0.25, -0.2) is 4.39 Å². The quantitative estimate of drug-likeness (QED) is 0.754. The van der Waals surface area contributed by atoms with E-state index in [-0.39, 0.29) is 13.0 Å². The minimum Gasteiger partial charge on any atom is -0.487 e. The van der Waals surface area contributed by atoms with Gasteiger partial charge in [-0.2, -0.15) is 0 Å². The van der Waals surface area contributed by atoms with Crippen LogP contribution in [0.15, 0.2) is 18.2 Å². The van der Waals surface area contributed by atoms with Crippen LogP contribution in [0.2, 0.25) is 5.02 Å². The number of carbonyl (C=O) groups is 1. The Hall–Kier alpha value is -1.37. The van der Waals surface area contributed by atoms with Gasteiger partial charge in [0.05, 0.1) is 17.3 Å². The highest BCUT2D eigenvalue weighted by Gasteiger charge is 2.41. The summed E-state index contributed by atoms with van der Waals surface area (Å²) in [6.45, 7) is 3.68. The van der Waals surface area contributed by atoms with Crippen molar-refractivity contribution < 1.29 is 18.7 Å². The third-order valence-corrected chi connectivity index (χ3v) is 3.70. The predicted octanol–water partition coefficient (Wildman–Crippen LogP) is 2.40. The normalized spacial score (nSPS) is 20.9. The maximum Gasteiger partial charge on any atom is 0.263 e. The second-order valence-electron chi connectivity index (χ2n) is 5.01. The van der Waals surface area contributed by atoms with Crippen molar-refractivity contribution in [3.63, 3.8) is 0 Å².